The minimum Gasteiger partial charge on any atom is -0.322 e. The number of anilines is 2. The summed E-state index contributed by atoms with van der Waals surface area (Å²) in [6.07, 6.45) is 9.62. The Morgan fingerprint density at radius 1 is 0.880 bits per heavy atom. The Bertz CT molecular complexity index is 1060. The monoisotopic (exact) mass is 335 g/mol. The summed E-state index contributed by atoms with van der Waals surface area (Å²) >= 11 is 0. The molecule has 0 fully saturated rings. The van der Waals surface area contributed by atoms with Crippen LogP contribution in [0.2, 0.25) is 0 Å². The molecule has 0 amide bonds. The highest BCUT2D eigenvalue weighted by Crippen LogP contribution is 2.22. The summed E-state index contributed by atoms with van der Waals surface area (Å²) in [7, 11) is 0. The number of pyridine rings is 1. The summed E-state index contributed by atoms with van der Waals surface area (Å²) in [4.78, 5) is 21.1. The molecule has 0 saturated heterocycles. The Morgan fingerprint density at radius 3 is 2.52 bits per heavy atom. The number of aryl methyl sites for hydroxylation is 2. The van der Waals surface area contributed by atoms with E-state index in [9.17, 15) is 4.39 Å². The van der Waals surface area contributed by atoms with E-state index in [2.05, 4.69) is 30.2 Å². The predicted octanol–water partition coefficient (Wildman–Crippen LogP) is 3.08. The van der Waals surface area contributed by atoms with E-state index in [-0.39, 0.29) is 0 Å². The Morgan fingerprint density at radius 2 is 1.72 bits per heavy atom. The molecule has 0 bridgehead atoms. The first-order chi connectivity index (χ1) is 12.1. The molecule has 8 heteroatoms. The van der Waals surface area contributed by atoms with Gasteiger partial charge in [-0.1, -0.05) is 0 Å². The summed E-state index contributed by atoms with van der Waals surface area (Å²) in [5, 5.41) is 3.08. The van der Waals surface area contributed by atoms with Crippen LogP contribution in [-0.4, -0.2) is 29.3 Å². The number of fused-ring (bicyclic) bond motifs is 1. The maximum Gasteiger partial charge on any atom is 0.157 e. The average molecular weight is 335 g/mol. The van der Waals surface area contributed by atoms with Crippen molar-refractivity contribution in [3.05, 3.63) is 60.5 Å². The molecule has 0 aromatic carbocycles. The van der Waals surface area contributed by atoms with Crippen LogP contribution >= 0.6 is 0 Å². The molecule has 4 aromatic heterocycles. The van der Waals surface area contributed by atoms with Gasteiger partial charge in [-0.05, 0) is 19.9 Å². The molecule has 0 atom stereocenters. The third kappa shape index (κ3) is 3.01. The van der Waals surface area contributed by atoms with Crippen molar-refractivity contribution in [3.8, 4) is 11.3 Å². The standard InChI is InChI=1S/C17H14FN7/c1-10-3-12(13(18)5-19-10)14-8-25-9-16(24-17(25)7-21-14)23-15-6-20-11(2)4-22-15/h3-9H,1-2H3,(H,22,23). The summed E-state index contributed by atoms with van der Waals surface area (Å²) in [5.74, 6) is 0.785. The van der Waals surface area contributed by atoms with Gasteiger partial charge in [0.1, 0.15) is 5.82 Å². The van der Waals surface area contributed by atoms with Gasteiger partial charge in [0, 0.05) is 17.5 Å². The van der Waals surface area contributed by atoms with Crippen LogP contribution in [0.25, 0.3) is 16.9 Å². The maximum absolute atomic E-state index is 14.0. The minimum absolute atomic E-state index is 0.405. The fourth-order valence-corrected chi connectivity index (χ4v) is 2.43. The van der Waals surface area contributed by atoms with Crippen LogP contribution in [0, 0.1) is 19.7 Å². The van der Waals surface area contributed by atoms with Gasteiger partial charge in [0.05, 0.1) is 42.4 Å². The summed E-state index contributed by atoms with van der Waals surface area (Å²) in [5.41, 5.74) is 3.11. The SMILES string of the molecule is Cc1cnc(Nc2cn3cc(-c4cc(C)ncc4F)ncc3n2)cn1. The van der Waals surface area contributed by atoms with E-state index in [1.54, 1.807) is 41.5 Å². The number of hydrogen-bond acceptors (Lipinski definition) is 6. The first-order valence-corrected chi connectivity index (χ1v) is 7.61. The lowest BCUT2D eigenvalue weighted by molar-refractivity contribution is 0.623. The fourth-order valence-electron chi connectivity index (χ4n) is 2.43. The largest absolute Gasteiger partial charge is 0.322 e. The van der Waals surface area contributed by atoms with Crippen LogP contribution in [0.5, 0.6) is 0 Å². The zero-order valence-corrected chi connectivity index (χ0v) is 13.6. The highest BCUT2D eigenvalue weighted by molar-refractivity contribution is 5.62. The molecule has 0 spiro atoms. The molecule has 0 radical (unpaired) electrons. The van der Waals surface area contributed by atoms with E-state index < -0.39 is 5.82 Å². The van der Waals surface area contributed by atoms with Gasteiger partial charge in [-0.3, -0.25) is 15.0 Å². The quantitative estimate of drug-likeness (QED) is 0.620. The van der Waals surface area contributed by atoms with E-state index in [0.29, 0.717) is 28.5 Å². The van der Waals surface area contributed by atoms with E-state index in [0.717, 1.165) is 11.4 Å². The molecule has 0 saturated carbocycles. The first kappa shape index (κ1) is 15.1. The molecule has 0 aliphatic carbocycles. The first-order valence-electron chi connectivity index (χ1n) is 7.61. The number of aromatic nitrogens is 6. The normalized spacial score (nSPS) is 11.0. The molecule has 0 aliphatic rings. The van der Waals surface area contributed by atoms with Gasteiger partial charge in [0.2, 0.25) is 0 Å². The molecule has 7 nitrogen and oxygen atoms in total. The average Bonchev–Trinajstić information content (AvgIpc) is 3.00. The van der Waals surface area contributed by atoms with Crippen molar-refractivity contribution in [2.45, 2.75) is 13.8 Å². The van der Waals surface area contributed by atoms with Gasteiger partial charge in [0.15, 0.2) is 17.3 Å². The van der Waals surface area contributed by atoms with E-state index in [1.807, 2.05) is 13.8 Å². The van der Waals surface area contributed by atoms with Crippen LogP contribution in [0.1, 0.15) is 11.4 Å². The third-order valence-electron chi connectivity index (χ3n) is 3.65. The van der Waals surface area contributed by atoms with Gasteiger partial charge in [-0.25, -0.2) is 14.4 Å². The van der Waals surface area contributed by atoms with Gasteiger partial charge < -0.3 is 9.72 Å². The van der Waals surface area contributed by atoms with E-state index in [1.165, 1.54) is 6.20 Å². The lowest BCUT2D eigenvalue weighted by atomic mass is 10.1. The van der Waals surface area contributed by atoms with E-state index in [4.69, 9.17) is 0 Å². The molecule has 4 aromatic rings. The molecule has 0 aliphatic heterocycles. The zero-order valence-electron chi connectivity index (χ0n) is 13.6. The van der Waals surface area contributed by atoms with Gasteiger partial charge in [-0.15, -0.1) is 0 Å². The van der Waals surface area contributed by atoms with Gasteiger partial charge in [0.25, 0.3) is 0 Å². The highest BCUT2D eigenvalue weighted by Gasteiger charge is 2.10. The predicted molar refractivity (Wildman–Crippen MR) is 91.0 cm³/mol. The Kier molecular flexibility index (Phi) is 3.57. The van der Waals surface area contributed by atoms with Crippen molar-refractivity contribution in [2.75, 3.05) is 5.32 Å². The van der Waals surface area contributed by atoms with Crippen molar-refractivity contribution in [2.24, 2.45) is 0 Å². The van der Waals surface area contributed by atoms with Gasteiger partial charge in [-0.2, -0.15) is 0 Å². The minimum atomic E-state index is -0.411. The number of hydrogen-bond donors (Lipinski definition) is 1. The molecule has 0 unspecified atom stereocenters. The lowest BCUT2D eigenvalue weighted by Gasteiger charge is -2.04. The Hall–Kier alpha value is -3.42. The number of nitrogens with one attached hydrogen (secondary N) is 1. The molecular formula is C17H14FN7. The maximum atomic E-state index is 14.0. The molecule has 4 heterocycles. The number of rotatable bonds is 3. The van der Waals surface area contributed by atoms with Crippen molar-refractivity contribution in [1.29, 1.82) is 0 Å². The Labute approximate surface area is 142 Å². The van der Waals surface area contributed by atoms with Crippen molar-refractivity contribution >= 4 is 17.3 Å². The van der Waals surface area contributed by atoms with Crippen LogP contribution in [0.3, 0.4) is 0 Å². The summed E-state index contributed by atoms with van der Waals surface area (Å²) < 4.78 is 15.8. The van der Waals surface area contributed by atoms with Crippen LogP contribution < -0.4 is 5.32 Å². The second-order valence-corrected chi connectivity index (χ2v) is 5.64. The van der Waals surface area contributed by atoms with Crippen molar-refractivity contribution in [1.82, 2.24) is 29.3 Å². The fraction of sp³-hybridized carbons (Fsp3) is 0.118. The summed E-state index contributed by atoms with van der Waals surface area (Å²) in [6.45, 7) is 3.68. The molecule has 1 N–H and O–H groups in total. The summed E-state index contributed by atoms with van der Waals surface area (Å²) in [6, 6.07) is 1.67. The van der Waals surface area contributed by atoms with Crippen molar-refractivity contribution in [3.63, 3.8) is 0 Å². The van der Waals surface area contributed by atoms with Crippen LogP contribution in [0.15, 0.2) is 43.2 Å². The van der Waals surface area contributed by atoms with Crippen LogP contribution in [0.4, 0.5) is 16.0 Å². The Balaban J connectivity index is 1.69. The second-order valence-electron chi connectivity index (χ2n) is 5.64. The van der Waals surface area contributed by atoms with Crippen molar-refractivity contribution < 1.29 is 4.39 Å². The van der Waals surface area contributed by atoms with E-state index >= 15 is 0 Å². The third-order valence-corrected chi connectivity index (χ3v) is 3.65. The number of imidazole rings is 1. The molecular weight excluding hydrogens is 321 g/mol. The number of nitrogens with zero attached hydrogens (tertiary/aromatic N) is 6. The highest BCUT2D eigenvalue weighted by atomic mass is 19.1. The lowest BCUT2D eigenvalue weighted by Crippen LogP contribution is -1.95. The second kappa shape index (κ2) is 5.90. The molecule has 124 valence electrons. The topological polar surface area (TPSA) is 80.9 Å². The van der Waals surface area contributed by atoms with Gasteiger partial charge >= 0.3 is 0 Å². The molecule has 4 rings (SSSR count). The van der Waals surface area contributed by atoms with Crippen LogP contribution in [-0.2, 0) is 0 Å². The smallest absolute Gasteiger partial charge is 0.157 e. The number of halogens is 1. The zero-order chi connectivity index (χ0) is 17.4. The molecule has 25 heavy (non-hydrogen) atoms.